The first kappa shape index (κ1) is 11.7. The molecule has 17 heavy (non-hydrogen) atoms. The van der Waals surface area contributed by atoms with Gasteiger partial charge in [0.2, 0.25) is 11.5 Å². The van der Waals surface area contributed by atoms with Gasteiger partial charge in [0.25, 0.3) is 0 Å². The van der Waals surface area contributed by atoms with E-state index in [-0.39, 0.29) is 11.5 Å². The highest BCUT2D eigenvalue weighted by atomic mass is 35.5. The molecule has 0 saturated heterocycles. The number of H-pyrrole nitrogens is 1. The summed E-state index contributed by atoms with van der Waals surface area (Å²) < 4.78 is 0. The zero-order valence-corrected chi connectivity index (χ0v) is 9.91. The number of pyridine rings is 1. The second-order valence-corrected chi connectivity index (χ2v) is 4.38. The van der Waals surface area contributed by atoms with Crippen LogP contribution in [0.15, 0.2) is 35.1 Å². The number of aromatic nitrogens is 1. The lowest BCUT2D eigenvalue weighted by atomic mass is 10.2. The number of alkyl halides is 1. The number of nitrogens with one attached hydrogen (secondary N) is 2. The zero-order valence-electron chi connectivity index (χ0n) is 9.16. The van der Waals surface area contributed by atoms with Gasteiger partial charge >= 0.3 is 0 Å². The number of carbonyl (C=O) groups is 1. The molecule has 0 aliphatic carbocycles. The summed E-state index contributed by atoms with van der Waals surface area (Å²) >= 11 is 5.66. The molecule has 0 saturated carbocycles. The minimum absolute atomic E-state index is 0.149. The van der Waals surface area contributed by atoms with Gasteiger partial charge in [0.15, 0.2) is 0 Å². The van der Waals surface area contributed by atoms with Crippen LogP contribution in [0.4, 0.5) is 5.69 Å². The van der Waals surface area contributed by atoms with Crippen LogP contribution >= 0.6 is 11.6 Å². The van der Waals surface area contributed by atoms with Gasteiger partial charge in [0.1, 0.15) is 5.38 Å². The Hall–Kier alpha value is -1.81. The fraction of sp³-hybridized carbons (Fsp3) is 0.167. The standard InChI is InChI=1S/C12H11ClN2O2/c1-7(13)12(17)14-9-3-4-10-8(6-9)2-5-11(16)15-10/h2-7H,1H3,(H,14,17)(H,15,16). The van der Waals surface area contributed by atoms with E-state index in [1.165, 1.54) is 6.07 Å². The van der Waals surface area contributed by atoms with E-state index in [1.807, 2.05) is 0 Å². The summed E-state index contributed by atoms with van der Waals surface area (Å²) in [5.74, 6) is -0.254. The number of benzene rings is 1. The quantitative estimate of drug-likeness (QED) is 0.802. The minimum atomic E-state index is -0.582. The molecule has 5 heteroatoms. The van der Waals surface area contributed by atoms with E-state index in [9.17, 15) is 9.59 Å². The van der Waals surface area contributed by atoms with E-state index < -0.39 is 5.38 Å². The Bertz CT molecular complexity index is 619. The summed E-state index contributed by atoms with van der Waals surface area (Å²) in [6.45, 7) is 1.61. The Morgan fingerprint density at radius 3 is 2.82 bits per heavy atom. The molecule has 4 nitrogen and oxygen atoms in total. The van der Waals surface area contributed by atoms with Crippen molar-refractivity contribution in [2.75, 3.05) is 5.32 Å². The fourth-order valence-corrected chi connectivity index (χ4v) is 1.53. The number of carbonyl (C=O) groups excluding carboxylic acids is 1. The number of rotatable bonds is 2. The van der Waals surface area contributed by atoms with Crippen molar-refractivity contribution in [3.05, 3.63) is 40.7 Å². The van der Waals surface area contributed by atoms with Crippen molar-refractivity contribution in [2.24, 2.45) is 0 Å². The molecule has 1 amide bonds. The maximum absolute atomic E-state index is 11.4. The Balaban J connectivity index is 2.35. The molecule has 1 aromatic carbocycles. The Kier molecular flexibility index (Phi) is 3.15. The number of aromatic amines is 1. The third kappa shape index (κ3) is 2.65. The van der Waals surface area contributed by atoms with Gasteiger partial charge in [-0.1, -0.05) is 0 Å². The van der Waals surface area contributed by atoms with E-state index >= 15 is 0 Å². The molecule has 0 bridgehead atoms. The SMILES string of the molecule is CC(Cl)C(=O)Nc1ccc2[nH]c(=O)ccc2c1. The molecular weight excluding hydrogens is 240 g/mol. The average molecular weight is 251 g/mol. The Labute approximate surface area is 103 Å². The lowest BCUT2D eigenvalue weighted by Crippen LogP contribution is -2.20. The molecule has 1 unspecified atom stereocenters. The average Bonchev–Trinajstić information content (AvgIpc) is 2.29. The second-order valence-electron chi connectivity index (χ2n) is 3.73. The molecule has 1 aromatic heterocycles. The number of fused-ring (bicyclic) bond motifs is 1. The molecule has 1 heterocycles. The van der Waals surface area contributed by atoms with Gasteiger partial charge in [0, 0.05) is 22.7 Å². The topological polar surface area (TPSA) is 62.0 Å². The van der Waals surface area contributed by atoms with Gasteiger partial charge in [-0.3, -0.25) is 9.59 Å². The van der Waals surface area contributed by atoms with E-state index in [4.69, 9.17) is 11.6 Å². The smallest absolute Gasteiger partial charge is 0.248 e. The first-order chi connectivity index (χ1) is 8.06. The van der Waals surface area contributed by atoms with Crippen LogP contribution in [0, 0.1) is 0 Å². The maximum atomic E-state index is 11.4. The van der Waals surface area contributed by atoms with Crippen molar-refractivity contribution in [3.8, 4) is 0 Å². The van der Waals surface area contributed by atoms with Crippen LogP contribution in [-0.4, -0.2) is 16.3 Å². The third-order valence-corrected chi connectivity index (χ3v) is 2.55. The third-order valence-electron chi connectivity index (χ3n) is 2.35. The first-order valence-corrected chi connectivity index (χ1v) is 5.58. The lowest BCUT2D eigenvalue weighted by Gasteiger charge is -2.07. The summed E-state index contributed by atoms with van der Waals surface area (Å²) in [6.07, 6.45) is 0. The predicted octanol–water partition coefficient (Wildman–Crippen LogP) is 2.09. The molecule has 0 aliphatic rings. The number of amides is 1. The summed E-state index contributed by atoms with van der Waals surface area (Å²) in [7, 11) is 0. The molecule has 2 aromatic rings. The van der Waals surface area contributed by atoms with Crippen LogP contribution in [0.2, 0.25) is 0 Å². The minimum Gasteiger partial charge on any atom is -0.325 e. The van der Waals surface area contributed by atoms with Gasteiger partial charge < -0.3 is 10.3 Å². The Morgan fingerprint density at radius 1 is 1.35 bits per heavy atom. The molecule has 0 radical (unpaired) electrons. The van der Waals surface area contributed by atoms with Gasteiger partial charge in [-0.05, 0) is 31.2 Å². The van der Waals surface area contributed by atoms with Crippen LogP contribution in [0.1, 0.15) is 6.92 Å². The molecule has 0 aliphatic heterocycles. The number of hydrogen-bond acceptors (Lipinski definition) is 2. The molecule has 88 valence electrons. The predicted molar refractivity (Wildman–Crippen MR) is 68.5 cm³/mol. The van der Waals surface area contributed by atoms with Gasteiger partial charge in [-0.2, -0.15) is 0 Å². The molecular formula is C12H11ClN2O2. The molecule has 2 rings (SSSR count). The highest BCUT2D eigenvalue weighted by Gasteiger charge is 2.09. The van der Waals surface area contributed by atoms with Crippen LogP contribution < -0.4 is 10.9 Å². The van der Waals surface area contributed by atoms with Crippen molar-refractivity contribution < 1.29 is 4.79 Å². The van der Waals surface area contributed by atoms with Gasteiger partial charge in [-0.25, -0.2) is 0 Å². The van der Waals surface area contributed by atoms with Crippen LogP contribution in [0.25, 0.3) is 10.9 Å². The molecule has 2 N–H and O–H groups in total. The van der Waals surface area contributed by atoms with Crippen molar-refractivity contribution in [1.82, 2.24) is 4.98 Å². The normalized spacial score (nSPS) is 12.4. The van der Waals surface area contributed by atoms with Crippen LogP contribution in [0.3, 0.4) is 0 Å². The summed E-state index contributed by atoms with van der Waals surface area (Å²) in [5.41, 5.74) is 1.24. The highest BCUT2D eigenvalue weighted by molar-refractivity contribution is 6.32. The van der Waals surface area contributed by atoms with E-state index in [2.05, 4.69) is 10.3 Å². The van der Waals surface area contributed by atoms with Crippen molar-refractivity contribution in [1.29, 1.82) is 0 Å². The van der Waals surface area contributed by atoms with E-state index in [1.54, 1.807) is 31.2 Å². The van der Waals surface area contributed by atoms with Gasteiger partial charge in [-0.15, -0.1) is 11.6 Å². The molecule has 1 atom stereocenters. The monoisotopic (exact) mass is 250 g/mol. The van der Waals surface area contributed by atoms with E-state index in [0.29, 0.717) is 5.69 Å². The first-order valence-electron chi connectivity index (χ1n) is 5.14. The second kappa shape index (κ2) is 4.59. The summed E-state index contributed by atoms with van der Waals surface area (Å²) in [5, 5.41) is 2.95. The zero-order chi connectivity index (χ0) is 12.4. The molecule has 0 spiro atoms. The maximum Gasteiger partial charge on any atom is 0.248 e. The van der Waals surface area contributed by atoms with Crippen molar-refractivity contribution in [3.63, 3.8) is 0 Å². The summed E-state index contributed by atoms with van der Waals surface area (Å²) in [4.78, 5) is 25.2. The number of anilines is 1. The Morgan fingerprint density at radius 2 is 2.12 bits per heavy atom. The van der Waals surface area contributed by atoms with Crippen LogP contribution in [0.5, 0.6) is 0 Å². The molecule has 0 fully saturated rings. The highest BCUT2D eigenvalue weighted by Crippen LogP contribution is 2.16. The summed E-state index contributed by atoms with van der Waals surface area (Å²) in [6, 6.07) is 8.38. The number of halogens is 1. The lowest BCUT2D eigenvalue weighted by molar-refractivity contribution is -0.115. The largest absolute Gasteiger partial charge is 0.325 e. The fourth-order valence-electron chi connectivity index (χ4n) is 1.47. The van der Waals surface area contributed by atoms with Crippen molar-refractivity contribution >= 4 is 34.1 Å². The van der Waals surface area contributed by atoms with Crippen LogP contribution in [-0.2, 0) is 4.79 Å². The van der Waals surface area contributed by atoms with Gasteiger partial charge in [0.05, 0.1) is 0 Å². The number of hydrogen-bond donors (Lipinski definition) is 2. The van der Waals surface area contributed by atoms with Crippen molar-refractivity contribution in [2.45, 2.75) is 12.3 Å². The van der Waals surface area contributed by atoms with E-state index in [0.717, 1.165) is 10.9 Å².